The van der Waals surface area contributed by atoms with Crippen LogP contribution in [0.25, 0.3) is 10.9 Å². The van der Waals surface area contributed by atoms with E-state index in [1.54, 1.807) is 12.3 Å². The second kappa shape index (κ2) is 4.61. The van der Waals surface area contributed by atoms with Crippen LogP contribution in [0, 0.1) is 5.82 Å². The van der Waals surface area contributed by atoms with E-state index < -0.39 is 5.82 Å². The zero-order chi connectivity index (χ0) is 13.2. The number of benzene rings is 2. The zero-order valence-electron chi connectivity index (χ0n) is 10.0. The summed E-state index contributed by atoms with van der Waals surface area (Å²) in [5.74, 6) is -0.937. The number of aromatic amines is 1. The molecule has 0 aliphatic rings. The third-order valence-electron chi connectivity index (χ3n) is 2.95. The molecule has 96 valence electrons. The van der Waals surface area contributed by atoms with Crippen molar-refractivity contribution in [3.05, 3.63) is 54.0 Å². The number of fused-ring (bicyclic) bond motifs is 1. The number of rotatable bonds is 3. The number of aromatic nitrogens is 2. The predicted molar refractivity (Wildman–Crippen MR) is 71.5 cm³/mol. The molecule has 3 rings (SSSR count). The Balaban J connectivity index is 1.75. The lowest BCUT2D eigenvalue weighted by Gasteiger charge is -2.07. The van der Waals surface area contributed by atoms with Gasteiger partial charge in [-0.05, 0) is 35.9 Å². The average Bonchev–Trinajstić information content (AvgIpc) is 2.87. The Morgan fingerprint density at radius 2 is 2.11 bits per heavy atom. The minimum Gasteiger partial charge on any atom is -0.505 e. The van der Waals surface area contributed by atoms with Gasteiger partial charge in [0.2, 0.25) is 0 Å². The standard InChI is InChI=1S/C14H12FN3O/c15-12-5-9(1-4-14(12)19)7-16-11-2-3-13-10(6-11)8-17-18-13/h1-6,8,16,19H,7H2,(H,17,18). The van der Waals surface area contributed by atoms with Crippen molar-refractivity contribution in [3.63, 3.8) is 0 Å². The fraction of sp³-hybridized carbons (Fsp3) is 0.0714. The van der Waals surface area contributed by atoms with Gasteiger partial charge in [0.1, 0.15) is 0 Å². The molecule has 0 fully saturated rings. The van der Waals surface area contributed by atoms with Gasteiger partial charge in [-0.3, -0.25) is 5.10 Å². The molecule has 2 aromatic carbocycles. The number of phenolic OH excluding ortho intramolecular Hbond substituents is 1. The SMILES string of the molecule is Oc1ccc(CNc2ccc3[nH]ncc3c2)cc1F. The number of nitrogens with zero attached hydrogens (tertiary/aromatic N) is 1. The Kier molecular flexibility index (Phi) is 2.79. The Morgan fingerprint density at radius 1 is 1.21 bits per heavy atom. The number of hydrogen-bond donors (Lipinski definition) is 3. The highest BCUT2D eigenvalue weighted by atomic mass is 19.1. The molecule has 19 heavy (non-hydrogen) atoms. The normalized spacial score (nSPS) is 10.8. The van der Waals surface area contributed by atoms with Crippen molar-refractivity contribution in [1.29, 1.82) is 0 Å². The molecule has 1 heterocycles. The maximum Gasteiger partial charge on any atom is 0.165 e. The summed E-state index contributed by atoms with van der Waals surface area (Å²) in [6, 6.07) is 10.2. The van der Waals surface area contributed by atoms with Crippen molar-refractivity contribution in [1.82, 2.24) is 10.2 Å². The van der Waals surface area contributed by atoms with E-state index in [0.717, 1.165) is 22.2 Å². The van der Waals surface area contributed by atoms with Crippen LogP contribution in [0.5, 0.6) is 5.75 Å². The predicted octanol–water partition coefficient (Wildman–Crippen LogP) is 3.02. The van der Waals surface area contributed by atoms with Crippen molar-refractivity contribution >= 4 is 16.6 Å². The topological polar surface area (TPSA) is 60.9 Å². The summed E-state index contributed by atoms with van der Waals surface area (Å²) >= 11 is 0. The summed E-state index contributed by atoms with van der Waals surface area (Å²) in [6.45, 7) is 0.487. The van der Waals surface area contributed by atoms with Crippen molar-refractivity contribution in [2.75, 3.05) is 5.32 Å². The zero-order valence-corrected chi connectivity index (χ0v) is 10.0. The molecule has 0 aliphatic carbocycles. The Bertz CT molecular complexity index is 724. The maximum absolute atomic E-state index is 13.2. The fourth-order valence-corrected chi connectivity index (χ4v) is 1.92. The van der Waals surface area contributed by atoms with Gasteiger partial charge in [0.15, 0.2) is 11.6 Å². The molecule has 0 saturated heterocycles. The van der Waals surface area contributed by atoms with Crippen LogP contribution in [0.1, 0.15) is 5.56 Å². The molecule has 0 radical (unpaired) electrons. The Labute approximate surface area is 108 Å². The molecule has 0 amide bonds. The monoisotopic (exact) mass is 257 g/mol. The van der Waals surface area contributed by atoms with Gasteiger partial charge >= 0.3 is 0 Å². The Hall–Kier alpha value is -2.56. The number of anilines is 1. The Morgan fingerprint density at radius 3 is 2.95 bits per heavy atom. The van der Waals surface area contributed by atoms with Gasteiger partial charge in [0.25, 0.3) is 0 Å². The molecule has 0 spiro atoms. The number of H-pyrrole nitrogens is 1. The third-order valence-corrected chi connectivity index (χ3v) is 2.95. The van der Waals surface area contributed by atoms with E-state index in [1.807, 2.05) is 18.2 Å². The van der Waals surface area contributed by atoms with Gasteiger partial charge in [-0.1, -0.05) is 6.07 Å². The van der Waals surface area contributed by atoms with Gasteiger partial charge in [0, 0.05) is 17.6 Å². The van der Waals surface area contributed by atoms with Crippen molar-refractivity contribution in [3.8, 4) is 5.75 Å². The van der Waals surface area contributed by atoms with Crippen LogP contribution in [0.3, 0.4) is 0 Å². The number of halogens is 1. The summed E-state index contributed by atoms with van der Waals surface area (Å²) in [6.07, 6.45) is 1.75. The van der Waals surface area contributed by atoms with Crippen LogP contribution in [0.15, 0.2) is 42.6 Å². The van der Waals surface area contributed by atoms with Gasteiger partial charge in [0.05, 0.1) is 11.7 Å². The lowest BCUT2D eigenvalue weighted by atomic mass is 10.2. The number of hydrogen-bond acceptors (Lipinski definition) is 3. The molecule has 0 aliphatic heterocycles. The lowest BCUT2D eigenvalue weighted by Crippen LogP contribution is -1.99. The summed E-state index contributed by atoms with van der Waals surface area (Å²) in [5.41, 5.74) is 2.67. The van der Waals surface area contributed by atoms with Crippen LogP contribution in [-0.4, -0.2) is 15.3 Å². The summed E-state index contributed by atoms with van der Waals surface area (Å²) in [7, 11) is 0. The van der Waals surface area contributed by atoms with Crippen LogP contribution in [0.2, 0.25) is 0 Å². The van der Waals surface area contributed by atoms with Gasteiger partial charge in [-0.15, -0.1) is 0 Å². The van der Waals surface area contributed by atoms with Crippen LogP contribution in [0.4, 0.5) is 10.1 Å². The third kappa shape index (κ3) is 2.35. The molecule has 3 N–H and O–H groups in total. The van der Waals surface area contributed by atoms with Gasteiger partial charge < -0.3 is 10.4 Å². The highest BCUT2D eigenvalue weighted by Crippen LogP contribution is 2.19. The molecule has 1 aromatic heterocycles. The molecule has 0 atom stereocenters. The molecular weight excluding hydrogens is 245 g/mol. The maximum atomic E-state index is 13.2. The largest absolute Gasteiger partial charge is 0.505 e. The van der Waals surface area contributed by atoms with Crippen LogP contribution in [-0.2, 0) is 6.54 Å². The quantitative estimate of drug-likeness (QED) is 0.676. The summed E-state index contributed by atoms with van der Waals surface area (Å²) in [4.78, 5) is 0. The summed E-state index contributed by atoms with van der Waals surface area (Å²) in [5, 5.41) is 20.2. The second-order valence-electron chi connectivity index (χ2n) is 4.31. The minimum absolute atomic E-state index is 0.330. The molecule has 0 unspecified atom stereocenters. The van der Waals surface area contributed by atoms with E-state index in [-0.39, 0.29) is 5.75 Å². The smallest absolute Gasteiger partial charge is 0.165 e. The van der Waals surface area contributed by atoms with Crippen molar-refractivity contribution in [2.45, 2.75) is 6.54 Å². The highest BCUT2D eigenvalue weighted by Gasteiger charge is 2.02. The molecule has 0 bridgehead atoms. The first-order valence-electron chi connectivity index (χ1n) is 5.87. The molecule has 5 heteroatoms. The first kappa shape index (κ1) is 11.5. The first-order valence-corrected chi connectivity index (χ1v) is 5.87. The second-order valence-corrected chi connectivity index (χ2v) is 4.31. The lowest BCUT2D eigenvalue weighted by molar-refractivity contribution is 0.432. The molecule has 0 saturated carbocycles. The van der Waals surface area contributed by atoms with E-state index >= 15 is 0 Å². The number of nitrogens with one attached hydrogen (secondary N) is 2. The van der Waals surface area contributed by atoms with Crippen LogP contribution >= 0.6 is 0 Å². The minimum atomic E-state index is -0.607. The molecule has 4 nitrogen and oxygen atoms in total. The van der Waals surface area contributed by atoms with Gasteiger partial charge in [-0.2, -0.15) is 5.10 Å². The number of phenols is 1. The van der Waals surface area contributed by atoms with E-state index in [4.69, 9.17) is 5.11 Å². The van der Waals surface area contributed by atoms with E-state index in [2.05, 4.69) is 15.5 Å². The fourth-order valence-electron chi connectivity index (χ4n) is 1.92. The van der Waals surface area contributed by atoms with Gasteiger partial charge in [-0.25, -0.2) is 4.39 Å². The molecule has 3 aromatic rings. The average molecular weight is 257 g/mol. The highest BCUT2D eigenvalue weighted by molar-refractivity contribution is 5.81. The van der Waals surface area contributed by atoms with Crippen molar-refractivity contribution < 1.29 is 9.50 Å². The number of aromatic hydroxyl groups is 1. The first-order chi connectivity index (χ1) is 9.22. The van der Waals surface area contributed by atoms with E-state index in [0.29, 0.717) is 6.54 Å². The van der Waals surface area contributed by atoms with E-state index in [1.165, 1.54) is 12.1 Å². The van der Waals surface area contributed by atoms with Crippen LogP contribution < -0.4 is 5.32 Å². The molecular formula is C14H12FN3O. The summed E-state index contributed by atoms with van der Waals surface area (Å²) < 4.78 is 13.2. The van der Waals surface area contributed by atoms with E-state index in [9.17, 15) is 4.39 Å². The van der Waals surface area contributed by atoms with Crippen molar-refractivity contribution in [2.24, 2.45) is 0 Å².